The minimum atomic E-state index is -4.19. The van der Waals surface area contributed by atoms with Crippen LogP contribution in [0.5, 0.6) is 5.75 Å². The highest BCUT2D eigenvalue weighted by Gasteiger charge is 2.34. The van der Waals surface area contributed by atoms with Crippen LogP contribution in [0.25, 0.3) is 0 Å². The second-order valence-electron chi connectivity index (χ2n) is 6.26. The van der Waals surface area contributed by atoms with Crippen molar-refractivity contribution in [3.8, 4) is 5.75 Å². The summed E-state index contributed by atoms with van der Waals surface area (Å²) in [4.78, 5) is 0.295. The molecule has 146 valence electrons. The van der Waals surface area contributed by atoms with E-state index in [1.54, 1.807) is 24.3 Å². The first-order valence-electron chi connectivity index (χ1n) is 8.54. The third-order valence-corrected chi connectivity index (χ3v) is 6.69. The molecular weight excluding hydrogens is 398 g/mol. The van der Waals surface area contributed by atoms with Gasteiger partial charge >= 0.3 is 0 Å². The van der Waals surface area contributed by atoms with Crippen molar-refractivity contribution < 1.29 is 26.8 Å². The van der Waals surface area contributed by atoms with Crippen LogP contribution in [0.4, 0.5) is 8.78 Å². The number of hydrogen-bond donors (Lipinski definition) is 1. The van der Waals surface area contributed by atoms with Gasteiger partial charge in [-0.25, -0.2) is 17.2 Å². The molecule has 0 spiro atoms. The molecule has 0 aromatic heterocycles. The maximum absolute atomic E-state index is 13.9. The average Bonchev–Trinajstić information content (AvgIpc) is 2.63. The number of ether oxygens (including phenoxy) is 1. The van der Waals surface area contributed by atoms with E-state index in [2.05, 4.69) is 0 Å². The monoisotopic (exact) mass is 417 g/mol. The molecule has 2 aromatic rings. The molecule has 1 heterocycles. The van der Waals surface area contributed by atoms with Crippen molar-refractivity contribution in [2.45, 2.75) is 4.90 Å². The molecule has 1 aliphatic rings. The van der Waals surface area contributed by atoms with E-state index in [4.69, 9.17) is 16.3 Å². The molecule has 2 aromatic carbocycles. The van der Waals surface area contributed by atoms with E-state index in [1.807, 2.05) is 0 Å². The Balaban J connectivity index is 1.53. The van der Waals surface area contributed by atoms with Gasteiger partial charge in [0.05, 0.1) is 26.2 Å². The minimum Gasteiger partial charge on any atom is -0.488 e. The molecule has 0 radical (unpaired) electrons. The number of rotatable bonds is 6. The maximum atomic E-state index is 13.9. The van der Waals surface area contributed by atoms with E-state index >= 15 is 0 Å². The van der Waals surface area contributed by atoms with Gasteiger partial charge < -0.3 is 9.64 Å². The zero-order valence-electron chi connectivity index (χ0n) is 14.5. The molecule has 5 nitrogen and oxygen atoms in total. The third-order valence-electron chi connectivity index (χ3n) is 4.48. The van der Waals surface area contributed by atoms with Gasteiger partial charge in [0.2, 0.25) is 10.0 Å². The normalized spacial score (nSPS) is 16.4. The lowest BCUT2D eigenvalue weighted by Gasteiger charge is -2.31. The highest BCUT2D eigenvalue weighted by atomic mass is 35.5. The van der Waals surface area contributed by atoms with Gasteiger partial charge in [-0.05, 0) is 36.4 Å². The van der Waals surface area contributed by atoms with Crippen molar-refractivity contribution >= 4 is 21.6 Å². The summed E-state index contributed by atoms with van der Waals surface area (Å²) in [5.74, 6) is -1.42. The quantitative estimate of drug-likeness (QED) is 0.776. The SMILES string of the molecule is O=S(=O)(c1c(F)cccc1F)N1CC[NH+](CCOc2ccc(Cl)cc2)CC1. The highest BCUT2D eigenvalue weighted by Crippen LogP contribution is 2.22. The van der Waals surface area contributed by atoms with E-state index in [1.165, 1.54) is 4.90 Å². The zero-order chi connectivity index (χ0) is 19.4. The van der Waals surface area contributed by atoms with Crippen LogP contribution < -0.4 is 9.64 Å². The van der Waals surface area contributed by atoms with Crippen LogP contribution in [-0.2, 0) is 10.0 Å². The summed E-state index contributed by atoms with van der Waals surface area (Å²) in [6.45, 7) is 2.66. The second kappa shape index (κ2) is 8.52. The molecule has 0 unspecified atom stereocenters. The molecule has 1 N–H and O–H groups in total. The molecule has 1 fully saturated rings. The van der Waals surface area contributed by atoms with E-state index in [0.29, 0.717) is 31.3 Å². The largest absolute Gasteiger partial charge is 0.488 e. The standard InChI is InChI=1S/C18H19ClF2N2O3S/c19-14-4-6-15(7-5-14)26-13-12-22-8-10-23(11-9-22)27(24,25)18-16(20)2-1-3-17(18)21/h1-7H,8-13H2/p+1. The van der Waals surface area contributed by atoms with Crippen molar-refractivity contribution in [3.05, 3.63) is 59.1 Å². The summed E-state index contributed by atoms with van der Waals surface area (Å²) in [7, 11) is -4.19. The van der Waals surface area contributed by atoms with E-state index < -0.39 is 26.6 Å². The topological polar surface area (TPSA) is 51.0 Å². The van der Waals surface area contributed by atoms with Gasteiger partial charge in [-0.15, -0.1) is 0 Å². The van der Waals surface area contributed by atoms with Crippen molar-refractivity contribution in [1.82, 2.24) is 4.31 Å². The van der Waals surface area contributed by atoms with Crippen molar-refractivity contribution in [3.63, 3.8) is 0 Å². The number of hydrogen-bond acceptors (Lipinski definition) is 3. The number of benzene rings is 2. The van der Waals surface area contributed by atoms with Gasteiger partial charge in [-0.2, -0.15) is 4.31 Å². The Hall–Kier alpha value is -1.74. The van der Waals surface area contributed by atoms with E-state index in [9.17, 15) is 17.2 Å². The smallest absolute Gasteiger partial charge is 0.249 e. The van der Waals surface area contributed by atoms with Gasteiger partial charge in [0, 0.05) is 5.02 Å². The third kappa shape index (κ3) is 4.76. The van der Waals surface area contributed by atoms with E-state index in [0.717, 1.165) is 28.3 Å². The van der Waals surface area contributed by atoms with Gasteiger partial charge in [0.25, 0.3) is 0 Å². The Morgan fingerprint density at radius 2 is 1.63 bits per heavy atom. The molecule has 0 bridgehead atoms. The van der Waals surface area contributed by atoms with Gasteiger partial charge in [0.1, 0.15) is 30.5 Å². The Morgan fingerprint density at radius 3 is 2.22 bits per heavy atom. The second-order valence-corrected chi connectivity index (χ2v) is 8.57. The fourth-order valence-corrected chi connectivity index (χ4v) is 4.67. The first-order chi connectivity index (χ1) is 12.9. The number of sulfonamides is 1. The Labute approximate surface area is 162 Å². The van der Waals surface area contributed by atoms with Gasteiger partial charge in [-0.3, -0.25) is 0 Å². The molecule has 0 atom stereocenters. The number of piperazine rings is 1. The minimum absolute atomic E-state index is 0.201. The summed E-state index contributed by atoms with van der Waals surface area (Å²) >= 11 is 5.82. The van der Waals surface area contributed by atoms with Crippen molar-refractivity contribution in [2.75, 3.05) is 39.3 Å². The van der Waals surface area contributed by atoms with E-state index in [-0.39, 0.29) is 13.1 Å². The molecule has 0 aliphatic carbocycles. The van der Waals surface area contributed by atoms with Crippen LogP contribution >= 0.6 is 11.6 Å². The number of nitrogens with one attached hydrogen (secondary N) is 1. The lowest BCUT2D eigenvalue weighted by Crippen LogP contribution is -3.15. The number of nitrogens with zero attached hydrogens (tertiary/aromatic N) is 1. The summed E-state index contributed by atoms with van der Waals surface area (Å²) < 4.78 is 59.6. The van der Waals surface area contributed by atoms with Crippen molar-refractivity contribution in [2.24, 2.45) is 0 Å². The average molecular weight is 418 g/mol. The summed E-state index contributed by atoms with van der Waals surface area (Å²) in [5, 5.41) is 0.636. The first-order valence-corrected chi connectivity index (χ1v) is 10.4. The van der Waals surface area contributed by atoms with Crippen LogP contribution in [0, 0.1) is 11.6 Å². The summed E-state index contributed by atoms with van der Waals surface area (Å²) in [5.41, 5.74) is 0. The molecule has 1 aliphatic heterocycles. The molecule has 1 saturated heterocycles. The van der Waals surface area contributed by atoms with Crippen LogP contribution in [0.3, 0.4) is 0 Å². The molecule has 0 saturated carbocycles. The van der Waals surface area contributed by atoms with Crippen LogP contribution in [0.2, 0.25) is 5.02 Å². The van der Waals surface area contributed by atoms with Crippen molar-refractivity contribution in [1.29, 1.82) is 0 Å². The Morgan fingerprint density at radius 1 is 1.04 bits per heavy atom. The van der Waals surface area contributed by atoms with Crippen LogP contribution in [0.1, 0.15) is 0 Å². The predicted molar refractivity (Wildman–Crippen MR) is 97.6 cm³/mol. The van der Waals surface area contributed by atoms with Gasteiger partial charge in [0.15, 0.2) is 4.90 Å². The first kappa shape index (κ1) is 20.0. The predicted octanol–water partition coefficient (Wildman–Crippen LogP) is 1.59. The number of halogens is 3. The van der Waals surface area contributed by atoms with Crippen LogP contribution in [-0.4, -0.2) is 52.1 Å². The lowest BCUT2D eigenvalue weighted by molar-refractivity contribution is -0.903. The fraction of sp³-hybridized carbons (Fsp3) is 0.333. The maximum Gasteiger partial charge on any atom is 0.249 e. The molecule has 0 amide bonds. The highest BCUT2D eigenvalue weighted by molar-refractivity contribution is 7.89. The zero-order valence-corrected chi connectivity index (χ0v) is 16.1. The lowest BCUT2D eigenvalue weighted by atomic mass is 10.3. The molecule has 3 rings (SSSR count). The van der Waals surface area contributed by atoms with Gasteiger partial charge in [-0.1, -0.05) is 17.7 Å². The summed E-state index contributed by atoms with van der Waals surface area (Å²) in [6, 6.07) is 10.1. The Bertz CT molecular complexity index is 866. The Kier molecular flexibility index (Phi) is 6.31. The fourth-order valence-electron chi connectivity index (χ4n) is 2.99. The molecule has 27 heavy (non-hydrogen) atoms. The molecular formula is C18H20ClF2N2O3S+. The van der Waals surface area contributed by atoms with Crippen LogP contribution in [0.15, 0.2) is 47.4 Å². The summed E-state index contributed by atoms with van der Waals surface area (Å²) in [6.07, 6.45) is 0. The number of quaternary nitrogens is 1. The molecule has 9 heteroatoms.